The van der Waals surface area contributed by atoms with Crippen LogP contribution in [-0.4, -0.2) is 10.7 Å². The third-order valence-corrected chi connectivity index (χ3v) is 3.64. The minimum Gasteiger partial charge on any atom is -0.448 e. The van der Waals surface area contributed by atoms with Gasteiger partial charge in [0.1, 0.15) is 5.75 Å². The molecule has 21 heavy (non-hydrogen) atoms. The van der Waals surface area contributed by atoms with E-state index in [-0.39, 0.29) is 22.2 Å². The predicted octanol–water partition coefficient (Wildman–Crippen LogP) is 5.01. The molecular formula is C14H9BrClNO4. The molecule has 0 amide bonds. The number of Topliss-reactive ketones (excluding diaryl/α,β-unsaturated/α-hetero) is 1. The van der Waals surface area contributed by atoms with Crippen LogP contribution in [0.2, 0.25) is 5.02 Å². The predicted molar refractivity (Wildman–Crippen MR) is 82.3 cm³/mol. The zero-order valence-electron chi connectivity index (χ0n) is 10.8. The second-order valence-corrected chi connectivity index (χ2v) is 5.41. The Hall–Kier alpha value is -1.92. The summed E-state index contributed by atoms with van der Waals surface area (Å²) in [5.74, 6) is 0.201. The molecule has 0 N–H and O–H groups in total. The van der Waals surface area contributed by atoms with Crippen molar-refractivity contribution in [2.24, 2.45) is 0 Å². The van der Waals surface area contributed by atoms with Crippen molar-refractivity contribution in [3.05, 3.63) is 61.6 Å². The first kappa shape index (κ1) is 15.5. The Labute approximate surface area is 133 Å². The summed E-state index contributed by atoms with van der Waals surface area (Å²) in [5, 5.41) is 11.1. The van der Waals surface area contributed by atoms with Crippen molar-refractivity contribution < 1.29 is 14.5 Å². The summed E-state index contributed by atoms with van der Waals surface area (Å²) in [7, 11) is 0. The summed E-state index contributed by atoms with van der Waals surface area (Å²) in [6.07, 6.45) is 0. The summed E-state index contributed by atoms with van der Waals surface area (Å²) in [6, 6.07) is 8.97. The third-order valence-electron chi connectivity index (χ3n) is 2.68. The van der Waals surface area contributed by atoms with Gasteiger partial charge in [0.15, 0.2) is 5.78 Å². The Morgan fingerprint density at radius 3 is 2.62 bits per heavy atom. The number of ether oxygens (including phenoxy) is 1. The number of carbonyl (C=O) groups excluding carboxylic acids is 1. The van der Waals surface area contributed by atoms with Gasteiger partial charge in [0.05, 0.1) is 9.95 Å². The van der Waals surface area contributed by atoms with Gasteiger partial charge in [0.2, 0.25) is 5.75 Å². The quantitative estimate of drug-likeness (QED) is 0.431. The van der Waals surface area contributed by atoms with Gasteiger partial charge in [-0.1, -0.05) is 17.7 Å². The van der Waals surface area contributed by atoms with Gasteiger partial charge in [-0.3, -0.25) is 14.9 Å². The van der Waals surface area contributed by atoms with Gasteiger partial charge in [-0.05, 0) is 47.1 Å². The van der Waals surface area contributed by atoms with Crippen molar-refractivity contribution in [1.29, 1.82) is 0 Å². The lowest BCUT2D eigenvalue weighted by Gasteiger charge is -2.09. The van der Waals surface area contributed by atoms with Gasteiger partial charge >= 0.3 is 5.69 Å². The number of carbonyl (C=O) groups is 1. The van der Waals surface area contributed by atoms with E-state index in [2.05, 4.69) is 15.9 Å². The maximum atomic E-state index is 11.4. The molecule has 0 heterocycles. The zero-order chi connectivity index (χ0) is 15.6. The van der Waals surface area contributed by atoms with Gasteiger partial charge in [-0.2, -0.15) is 0 Å². The minimum absolute atomic E-state index is 0.0355. The highest BCUT2D eigenvalue weighted by atomic mass is 79.9. The molecule has 2 aromatic carbocycles. The van der Waals surface area contributed by atoms with Crippen molar-refractivity contribution in [2.45, 2.75) is 6.92 Å². The highest BCUT2D eigenvalue weighted by Crippen LogP contribution is 2.38. The lowest BCUT2D eigenvalue weighted by Crippen LogP contribution is -1.96. The van der Waals surface area contributed by atoms with Gasteiger partial charge in [0, 0.05) is 16.1 Å². The number of halogens is 2. The fourth-order valence-corrected chi connectivity index (χ4v) is 2.55. The van der Waals surface area contributed by atoms with Crippen LogP contribution in [-0.2, 0) is 0 Å². The first-order valence-corrected chi connectivity index (χ1v) is 6.98. The fraction of sp³-hybridized carbons (Fsp3) is 0.0714. The molecule has 0 unspecified atom stereocenters. The molecule has 0 atom stereocenters. The number of para-hydroxylation sites is 1. The Kier molecular flexibility index (Phi) is 4.59. The van der Waals surface area contributed by atoms with E-state index in [1.807, 2.05) is 0 Å². The first-order chi connectivity index (χ1) is 9.90. The van der Waals surface area contributed by atoms with Gasteiger partial charge in [-0.25, -0.2) is 0 Å². The Bertz CT molecular complexity index is 733. The molecule has 7 heteroatoms. The van der Waals surface area contributed by atoms with Crippen LogP contribution in [0.3, 0.4) is 0 Å². The van der Waals surface area contributed by atoms with Crippen LogP contribution in [0.25, 0.3) is 0 Å². The van der Waals surface area contributed by atoms with Crippen molar-refractivity contribution in [2.75, 3.05) is 0 Å². The molecule has 0 saturated heterocycles. The first-order valence-electron chi connectivity index (χ1n) is 5.81. The Morgan fingerprint density at radius 1 is 1.33 bits per heavy atom. The molecule has 0 aliphatic rings. The molecule has 0 saturated carbocycles. The summed E-state index contributed by atoms with van der Waals surface area (Å²) in [6.45, 7) is 1.44. The van der Waals surface area contributed by atoms with E-state index >= 15 is 0 Å². The molecule has 0 aliphatic carbocycles. The normalized spacial score (nSPS) is 10.2. The highest BCUT2D eigenvalue weighted by molar-refractivity contribution is 9.10. The standard InChI is InChI=1S/C14H9BrClNO4/c1-8(18)10-6-5-9(7-11(10)15)21-14-12(16)3-2-4-13(14)17(19)20/h2-7H,1H3. The van der Waals surface area contributed by atoms with Gasteiger partial charge in [-0.15, -0.1) is 0 Å². The van der Waals surface area contributed by atoms with Crippen molar-refractivity contribution in [1.82, 2.24) is 0 Å². The Morgan fingerprint density at radius 2 is 2.05 bits per heavy atom. The summed E-state index contributed by atoms with van der Waals surface area (Å²) >= 11 is 9.21. The summed E-state index contributed by atoms with van der Waals surface area (Å²) in [5.41, 5.74) is 0.269. The van der Waals surface area contributed by atoms with E-state index in [0.29, 0.717) is 15.8 Å². The maximum Gasteiger partial charge on any atom is 0.313 e. The molecule has 2 rings (SSSR count). The molecule has 0 radical (unpaired) electrons. The van der Waals surface area contributed by atoms with Crippen LogP contribution >= 0.6 is 27.5 Å². The molecule has 0 aromatic heterocycles. The molecule has 0 aliphatic heterocycles. The topological polar surface area (TPSA) is 69.4 Å². The zero-order valence-corrected chi connectivity index (χ0v) is 13.1. The molecule has 2 aromatic rings. The van der Waals surface area contributed by atoms with E-state index in [1.165, 1.54) is 25.1 Å². The van der Waals surface area contributed by atoms with Crippen LogP contribution in [0.15, 0.2) is 40.9 Å². The van der Waals surface area contributed by atoms with Crippen LogP contribution in [0, 0.1) is 10.1 Å². The van der Waals surface area contributed by atoms with Crippen molar-refractivity contribution in [3.8, 4) is 11.5 Å². The van der Waals surface area contributed by atoms with E-state index in [9.17, 15) is 14.9 Å². The van der Waals surface area contributed by atoms with E-state index < -0.39 is 4.92 Å². The molecular weight excluding hydrogens is 362 g/mol. The molecule has 0 bridgehead atoms. The number of hydrogen-bond acceptors (Lipinski definition) is 4. The third kappa shape index (κ3) is 3.40. The lowest BCUT2D eigenvalue weighted by atomic mass is 10.1. The largest absolute Gasteiger partial charge is 0.448 e. The van der Waals surface area contributed by atoms with Crippen LogP contribution in [0.5, 0.6) is 11.5 Å². The van der Waals surface area contributed by atoms with E-state index in [0.717, 1.165) is 0 Å². The average molecular weight is 371 g/mol. The van der Waals surface area contributed by atoms with Gasteiger partial charge < -0.3 is 4.74 Å². The number of nitro benzene ring substituents is 1. The average Bonchev–Trinajstić information content (AvgIpc) is 2.40. The Balaban J connectivity index is 2.41. The van der Waals surface area contributed by atoms with E-state index in [4.69, 9.17) is 16.3 Å². The fourth-order valence-electron chi connectivity index (χ4n) is 1.70. The second kappa shape index (κ2) is 6.24. The molecule has 0 spiro atoms. The number of ketones is 1. The van der Waals surface area contributed by atoms with Crippen molar-refractivity contribution in [3.63, 3.8) is 0 Å². The molecule has 108 valence electrons. The second-order valence-electron chi connectivity index (χ2n) is 4.15. The van der Waals surface area contributed by atoms with Crippen LogP contribution < -0.4 is 4.74 Å². The van der Waals surface area contributed by atoms with Crippen LogP contribution in [0.4, 0.5) is 5.69 Å². The number of rotatable bonds is 4. The molecule has 0 fully saturated rings. The van der Waals surface area contributed by atoms with Crippen LogP contribution in [0.1, 0.15) is 17.3 Å². The molecule has 5 nitrogen and oxygen atoms in total. The smallest absolute Gasteiger partial charge is 0.313 e. The SMILES string of the molecule is CC(=O)c1ccc(Oc2c(Cl)cccc2[N+](=O)[O-])cc1Br. The number of nitro groups is 1. The monoisotopic (exact) mass is 369 g/mol. The number of hydrogen-bond donors (Lipinski definition) is 0. The van der Waals surface area contributed by atoms with Gasteiger partial charge in [0.25, 0.3) is 0 Å². The van der Waals surface area contributed by atoms with E-state index in [1.54, 1.807) is 18.2 Å². The van der Waals surface area contributed by atoms with Crippen molar-refractivity contribution >= 4 is 39.0 Å². The highest BCUT2D eigenvalue weighted by Gasteiger charge is 2.19. The number of benzene rings is 2. The summed E-state index contributed by atoms with van der Waals surface area (Å²) in [4.78, 5) is 21.8. The maximum absolute atomic E-state index is 11.4. The summed E-state index contributed by atoms with van der Waals surface area (Å²) < 4.78 is 6.05. The minimum atomic E-state index is -0.569. The lowest BCUT2D eigenvalue weighted by molar-refractivity contribution is -0.385. The number of nitrogens with zero attached hydrogens (tertiary/aromatic N) is 1.